The van der Waals surface area contributed by atoms with Crippen molar-refractivity contribution in [3.8, 4) is 5.75 Å². The second kappa shape index (κ2) is 4.45. The lowest BCUT2D eigenvalue weighted by atomic mass is 9.99. The Balaban J connectivity index is 2.27. The Morgan fingerprint density at radius 2 is 1.71 bits per heavy atom. The van der Waals surface area contributed by atoms with E-state index in [4.69, 9.17) is 10.5 Å². The molecule has 0 aliphatic carbocycles. The lowest BCUT2D eigenvalue weighted by Gasteiger charge is -2.27. The van der Waals surface area contributed by atoms with E-state index in [1.807, 2.05) is 50.2 Å². The molecule has 0 saturated heterocycles. The Hall–Kier alpha value is -2.03. The van der Waals surface area contributed by atoms with Crippen LogP contribution in [0.15, 0.2) is 48.8 Å². The van der Waals surface area contributed by atoms with Gasteiger partial charge < -0.3 is 10.5 Å². The fraction of sp³-hybridized carbons (Fsp3) is 0.214. The molecule has 0 bridgehead atoms. The maximum Gasteiger partial charge on any atom is 0.143 e. The molecule has 0 aliphatic rings. The van der Waals surface area contributed by atoms with Crippen LogP contribution in [0.1, 0.15) is 19.4 Å². The standard InChI is InChI=1S/C14H16N2O/c1-14(2,11-7-9-16-10-8-11)17-13-6-4-3-5-12(13)15/h3-10H,15H2,1-2H3. The quantitative estimate of drug-likeness (QED) is 0.821. The lowest BCUT2D eigenvalue weighted by molar-refractivity contribution is 0.110. The minimum Gasteiger partial charge on any atom is -0.481 e. The second-order valence-corrected chi connectivity index (χ2v) is 4.39. The number of nitrogen functional groups attached to an aromatic ring is 1. The van der Waals surface area contributed by atoms with Crippen molar-refractivity contribution in [2.75, 3.05) is 5.73 Å². The first-order valence-electron chi connectivity index (χ1n) is 5.53. The predicted molar refractivity (Wildman–Crippen MR) is 68.7 cm³/mol. The van der Waals surface area contributed by atoms with Crippen LogP contribution >= 0.6 is 0 Å². The zero-order valence-electron chi connectivity index (χ0n) is 10.1. The van der Waals surface area contributed by atoms with E-state index < -0.39 is 5.60 Å². The number of aromatic nitrogens is 1. The summed E-state index contributed by atoms with van der Waals surface area (Å²) in [5.41, 5.74) is 7.15. The third kappa shape index (κ3) is 2.56. The average molecular weight is 228 g/mol. The van der Waals surface area contributed by atoms with Gasteiger partial charge in [0.25, 0.3) is 0 Å². The molecule has 0 radical (unpaired) electrons. The van der Waals surface area contributed by atoms with Gasteiger partial charge in [-0.05, 0) is 43.7 Å². The van der Waals surface area contributed by atoms with Gasteiger partial charge in [0.2, 0.25) is 0 Å². The Bertz CT molecular complexity index is 495. The number of ether oxygens (including phenoxy) is 1. The summed E-state index contributed by atoms with van der Waals surface area (Å²) in [4.78, 5) is 4.00. The summed E-state index contributed by atoms with van der Waals surface area (Å²) in [5.74, 6) is 0.703. The van der Waals surface area contributed by atoms with Crippen molar-refractivity contribution in [1.29, 1.82) is 0 Å². The first kappa shape index (κ1) is 11.5. The highest BCUT2D eigenvalue weighted by Gasteiger charge is 2.23. The van der Waals surface area contributed by atoms with Gasteiger partial charge in [0, 0.05) is 12.4 Å². The van der Waals surface area contributed by atoms with Crippen molar-refractivity contribution in [2.45, 2.75) is 19.4 Å². The van der Waals surface area contributed by atoms with Crippen LogP contribution < -0.4 is 10.5 Å². The van der Waals surface area contributed by atoms with E-state index in [0.29, 0.717) is 11.4 Å². The number of hydrogen-bond donors (Lipinski definition) is 1. The summed E-state index contributed by atoms with van der Waals surface area (Å²) < 4.78 is 5.97. The van der Waals surface area contributed by atoms with E-state index in [0.717, 1.165) is 5.56 Å². The highest BCUT2D eigenvalue weighted by molar-refractivity contribution is 5.52. The van der Waals surface area contributed by atoms with Crippen molar-refractivity contribution >= 4 is 5.69 Å². The van der Waals surface area contributed by atoms with E-state index in [9.17, 15) is 0 Å². The first-order chi connectivity index (χ1) is 8.09. The van der Waals surface area contributed by atoms with Crippen LogP contribution in [0.25, 0.3) is 0 Å². The average Bonchev–Trinajstić information content (AvgIpc) is 2.33. The Morgan fingerprint density at radius 3 is 2.35 bits per heavy atom. The fourth-order valence-electron chi connectivity index (χ4n) is 1.66. The number of nitrogens with two attached hydrogens (primary N) is 1. The SMILES string of the molecule is CC(C)(Oc1ccccc1N)c1ccncc1. The summed E-state index contributed by atoms with van der Waals surface area (Å²) in [6.45, 7) is 4.02. The highest BCUT2D eigenvalue weighted by atomic mass is 16.5. The van der Waals surface area contributed by atoms with Gasteiger partial charge in [-0.15, -0.1) is 0 Å². The van der Waals surface area contributed by atoms with Crippen molar-refractivity contribution in [1.82, 2.24) is 4.98 Å². The molecule has 17 heavy (non-hydrogen) atoms. The zero-order valence-corrected chi connectivity index (χ0v) is 10.1. The smallest absolute Gasteiger partial charge is 0.143 e. The molecule has 0 unspecified atom stereocenters. The van der Waals surface area contributed by atoms with Gasteiger partial charge >= 0.3 is 0 Å². The Kier molecular flexibility index (Phi) is 3.00. The third-order valence-corrected chi connectivity index (χ3v) is 2.66. The van der Waals surface area contributed by atoms with Gasteiger partial charge in [-0.25, -0.2) is 0 Å². The minimum atomic E-state index is -0.432. The highest BCUT2D eigenvalue weighted by Crippen LogP contribution is 2.30. The predicted octanol–water partition coefficient (Wildman–Crippen LogP) is 2.98. The number of hydrogen-bond acceptors (Lipinski definition) is 3. The number of anilines is 1. The molecule has 2 N–H and O–H groups in total. The molecule has 0 atom stereocenters. The molecule has 3 nitrogen and oxygen atoms in total. The van der Waals surface area contributed by atoms with Crippen LogP contribution in [0.3, 0.4) is 0 Å². The van der Waals surface area contributed by atoms with Crippen LogP contribution in [0.5, 0.6) is 5.75 Å². The van der Waals surface area contributed by atoms with Gasteiger partial charge in [0.05, 0.1) is 5.69 Å². The molecule has 3 heteroatoms. The Morgan fingerprint density at radius 1 is 1.06 bits per heavy atom. The van der Waals surface area contributed by atoms with Crippen LogP contribution in [0, 0.1) is 0 Å². The summed E-state index contributed by atoms with van der Waals surface area (Å²) in [5, 5.41) is 0. The molecule has 2 rings (SSSR count). The normalized spacial score (nSPS) is 11.2. The van der Waals surface area contributed by atoms with Gasteiger partial charge in [0.15, 0.2) is 0 Å². The summed E-state index contributed by atoms with van der Waals surface area (Å²) in [7, 11) is 0. The van der Waals surface area contributed by atoms with Crippen LogP contribution in [0.4, 0.5) is 5.69 Å². The van der Waals surface area contributed by atoms with E-state index >= 15 is 0 Å². The largest absolute Gasteiger partial charge is 0.481 e. The van der Waals surface area contributed by atoms with E-state index in [-0.39, 0.29) is 0 Å². The number of pyridine rings is 1. The number of para-hydroxylation sites is 2. The van der Waals surface area contributed by atoms with Crippen LogP contribution in [-0.4, -0.2) is 4.98 Å². The molecule has 0 aliphatic heterocycles. The number of nitrogens with zero attached hydrogens (tertiary/aromatic N) is 1. The maximum atomic E-state index is 5.97. The van der Waals surface area contributed by atoms with Crippen LogP contribution in [-0.2, 0) is 5.60 Å². The maximum absolute atomic E-state index is 5.97. The molecule has 1 aromatic heterocycles. The van der Waals surface area contributed by atoms with Gasteiger partial charge in [-0.3, -0.25) is 4.98 Å². The van der Waals surface area contributed by atoms with Gasteiger partial charge in [0.1, 0.15) is 11.4 Å². The molecule has 0 amide bonds. The van der Waals surface area contributed by atoms with Gasteiger partial charge in [-0.2, -0.15) is 0 Å². The third-order valence-electron chi connectivity index (χ3n) is 2.66. The van der Waals surface area contributed by atoms with Crippen molar-refractivity contribution in [2.24, 2.45) is 0 Å². The molecule has 1 heterocycles. The van der Waals surface area contributed by atoms with Crippen molar-refractivity contribution in [3.05, 3.63) is 54.4 Å². The molecule has 0 saturated carbocycles. The van der Waals surface area contributed by atoms with Gasteiger partial charge in [-0.1, -0.05) is 12.1 Å². The molecule has 1 aromatic carbocycles. The van der Waals surface area contributed by atoms with E-state index in [1.54, 1.807) is 12.4 Å². The lowest BCUT2D eigenvalue weighted by Crippen LogP contribution is -2.25. The molecule has 0 fully saturated rings. The summed E-state index contributed by atoms with van der Waals surface area (Å²) in [6.07, 6.45) is 3.52. The first-order valence-corrected chi connectivity index (χ1v) is 5.53. The molecule has 88 valence electrons. The van der Waals surface area contributed by atoms with E-state index in [1.165, 1.54) is 0 Å². The summed E-state index contributed by atoms with van der Waals surface area (Å²) >= 11 is 0. The van der Waals surface area contributed by atoms with Crippen LogP contribution in [0.2, 0.25) is 0 Å². The van der Waals surface area contributed by atoms with Crippen molar-refractivity contribution < 1.29 is 4.74 Å². The Labute approximate surface area is 101 Å². The molecular formula is C14H16N2O. The molecule has 2 aromatic rings. The number of benzene rings is 1. The zero-order chi connectivity index (χ0) is 12.3. The van der Waals surface area contributed by atoms with E-state index in [2.05, 4.69) is 4.98 Å². The molecular weight excluding hydrogens is 212 g/mol. The fourth-order valence-corrected chi connectivity index (χ4v) is 1.66. The topological polar surface area (TPSA) is 48.1 Å². The summed E-state index contributed by atoms with van der Waals surface area (Å²) in [6, 6.07) is 11.4. The number of rotatable bonds is 3. The second-order valence-electron chi connectivity index (χ2n) is 4.39. The van der Waals surface area contributed by atoms with Crippen molar-refractivity contribution in [3.63, 3.8) is 0 Å². The molecule has 0 spiro atoms. The minimum absolute atomic E-state index is 0.432. The monoisotopic (exact) mass is 228 g/mol.